The number of rotatable bonds is 1. The Kier molecular flexibility index (Phi) is 3.12. The fourth-order valence-electron chi connectivity index (χ4n) is 2.15. The van der Waals surface area contributed by atoms with E-state index in [2.05, 4.69) is 15.9 Å². The van der Waals surface area contributed by atoms with Crippen LogP contribution >= 0.6 is 15.9 Å². The van der Waals surface area contributed by atoms with Crippen LogP contribution < -0.4 is 10.6 Å². The van der Waals surface area contributed by atoms with E-state index in [0.29, 0.717) is 17.0 Å². The fourth-order valence-corrected chi connectivity index (χ4v) is 2.75. The molecule has 1 heterocycles. The van der Waals surface area contributed by atoms with Crippen molar-refractivity contribution in [2.24, 2.45) is 5.73 Å². The van der Waals surface area contributed by atoms with Gasteiger partial charge in [-0.15, -0.1) is 0 Å². The van der Waals surface area contributed by atoms with Gasteiger partial charge in [0.1, 0.15) is 0 Å². The van der Waals surface area contributed by atoms with E-state index in [1.807, 2.05) is 0 Å². The van der Waals surface area contributed by atoms with Crippen LogP contribution in [0.3, 0.4) is 0 Å². The molecule has 0 fully saturated rings. The summed E-state index contributed by atoms with van der Waals surface area (Å²) in [6, 6.07) is 4.20. The summed E-state index contributed by atoms with van der Waals surface area (Å²) in [5, 5.41) is 0. The predicted molar refractivity (Wildman–Crippen MR) is 64.0 cm³/mol. The van der Waals surface area contributed by atoms with Gasteiger partial charge in [0.05, 0.1) is 10.9 Å². The third-order valence-electron chi connectivity index (χ3n) is 2.99. The molecule has 1 aliphatic heterocycles. The molecule has 1 aromatic rings. The van der Waals surface area contributed by atoms with E-state index < -0.39 is 12.3 Å². The quantitative estimate of drug-likeness (QED) is 0.637. The summed E-state index contributed by atoms with van der Waals surface area (Å²) in [6.45, 7) is 1.88. The van der Waals surface area contributed by atoms with Crippen LogP contribution in [-0.2, 0) is 6.54 Å². The lowest BCUT2D eigenvalue weighted by Crippen LogP contribution is -2.42. The molecule has 1 aliphatic rings. The van der Waals surface area contributed by atoms with Crippen LogP contribution in [0.25, 0.3) is 0 Å². The SMILES string of the molecule is CC1C(Br)c2cc(CN)ccc2N1C(F)(F)F. The van der Waals surface area contributed by atoms with Gasteiger partial charge < -0.3 is 5.73 Å². The summed E-state index contributed by atoms with van der Waals surface area (Å²) in [5.74, 6) is 0. The molecule has 0 amide bonds. The summed E-state index contributed by atoms with van der Waals surface area (Å²) in [7, 11) is 0. The van der Waals surface area contributed by atoms with Gasteiger partial charge in [0.15, 0.2) is 0 Å². The van der Waals surface area contributed by atoms with Crippen molar-refractivity contribution in [1.29, 1.82) is 0 Å². The van der Waals surface area contributed by atoms with Gasteiger partial charge in [-0.25, -0.2) is 0 Å². The van der Waals surface area contributed by atoms with E-state index in [0.717, 1.165) is 5.56 Å². The minimum atomic E-state index is -4.36. The number of hydrogen-bond donors (Lipinski definition) is 1. The molecule has 94 valence electrons. The second kappa shape index (κ2) is 4.17. The topological polar surface area (TPSA) is 29.3 Å². The minimum absolute atomic E-state index is 0.212. The Morgan fingerprint density at radius 3 is 2.59 bits per heavy atom. The zero-order chi connectivity index (χ0) is 12.8. The number of nitrogens with zero attached hydrogens (tertiary/aromatic N) is 1. The molecule has 2 atom stereocenters. The van der Waals surface area contributed by atoms with E-state index in [-0.39, 0.29) is 10.5 Å². The number of nitrogens with two attached hydrogens (primary N) is 1. The molecule has 2 rings (SSSR count). The molecule has 0 aliphatic carbocycles. The maximum atomic E-state index is 12.9. The fraction of sp³-hybridized carbons (Fsp3) is 0.455. The van der Waals surface area contributed by atoms with Gasteiger partial charge in [0.25, 0.3) is 0 Å². The molecule has 6 heteroatoms. The zero-order valence-electron chi connectivity index (χ0n) is 9.13. The van der Waals surface area contributed by atoms with Crippen molar-refractivity contribution >= 4 is 21.6 Å². The standard InChI is InChI=1S/C11H12BrF3N2/c1-6-10(12)8-4-7(5-16)2-3-9(8)17(6)11(13,14)15/h2-4,6,10H,5,16H2,1H3. The second-order valence-corrected chi connectivity index (χ2v) is 5.06. The van der Waals surface area contributed by atoms with Gasteiger partial charge in [-0.2, -0.15) is 13.2 Å². The van der Waals surface area contributed by atoms with Crippen LogP contribution in [0.15, 0.2) is 18.2 Å². The number of anilines is 1. The molecule has 17 heavy (non-hydrogen) atoms. The van der Waals surface area contributed by atoms with E-state index >= 15 is 0 Å². The molecule has 0 spiro atoms. The van der Waals surface area contributed by atoms with Crippen LogP contribution in [0.4, 0.5) is 18.9 Å². The van der Waals surface area contributed by atoms with E-state index in [9.17, 15) is 13.2 Å². The van der Waals surface area contributed by atoms with Crippen molar-refractivity contribution in [3.63, 3.8) is 0 Å². The Morgan fingerprint density at radius 1 is 1.41 bits per heavy atom. The highest BCUT2D eigenvalue weighted by molar-refractivity contribution is 9.09. The number of hydrogen-bond acceptors (Lipinski definition) is 2. The Labute approximate surface area is 106 Å². The van der Waals surface area contributed by atoms with Gasteiger partial charge >= 0.3 is 6.30 Å². The highest BCUT2D eigenvalue weighted by Crippen LogP contribution is 2.48. The van der Waals surface area contributed by atoms with Crippen LogP contribution in [0.1, 0.15) is 22.9 Å². The van der Waals surface area contributed by atoms with Crippen molar-refractivity contribution < 1.29 is 13.2 Å². The van der Waals surface area contributed by atoms with Gasteiger partial charge in [-0.3, -0.25) is 4.90 Å². The lowest BCUT2D eigenvalue weighted by atomic mass is 10.1. The second-order valence-electron chi connectivity index (χ2n) is 4.08. The number of alkyl halides is 4. The third kappa shape index (κ3) is 2.04. The van der Waals surface area contributed by atoms with Crippen molar-refractivity contribution in [2.45, 2.75) is 30.6 Å². The van der Waals surface area contributed by atoms with Crippen molar-refractivity contribution in [2.75, 3.05) is 4.90 Å². The van der Waals surface area contributed by atoms with Crippen LogP contribution in [0.2, 0.25) is 0 Å². The predicted octanol–water partition coefficient (Wildman–Crippen LogP) is 3.31. The molecule has 2 N–H and O–H groups in total. The lowest BCUT2D eigenvalue weighted by molar-refractivity contribution is -0.132. The minimum Gasteiger partial charge on any atom is -0.326 e. The first-order valence-electron chi connectivity index (χ1n) is 5.19. The first-order chi connectivity index (χ1) is 7.86. The van der Waals surface area contributed by atoms with E-state index in [4.69, 9.17) is 5.73 Å². The monoisotopic (exact) mass is 308 g/mol. The first-order valence-corrected chi connectivity index (χ1v) is 6.11. The maximum absolute atomic E-state index is 12.9. The Bertz CT molecular complexity index is 433. The first kappa shape index (κ1) is 12.7. The number of halogens is 4. The molecule has 1 aromatic carbocycles. The van der Waals surface area contributed by atoms with Gasteiger partial charge in [0.2, 0.25) is 0 Å². The third-order valence-corrected chi connectivity index (χ3v) is 4.25. The summed E-state index contributed by atoms with van der Waals surface area (Å²) in [4.78, 5) is 0.160. The van der Waals surface area contributed by atoms with Crippen molar-refractivity contribution in [1.82, 2.24) is 0 Å². The molecule has 2 unspecified atom stereocenters. The molecule has 0 bridgehead atoms. The zero-order valence-corrected chi connectivity index (χ0v) is 10.7. The van der Waals surface area contributed by atoms with Crippen molar-refractivity contribution in [3.05, 3.63) is 29.3 Å². The molecule has 0 saturated carbocycles. The van der Waals surface area contributed by atoms with E-state index in [1.165, 1.54) is 6.07 Å². The highest BCUT2D eigenvalue weighted by Gasteiger charge is 2.48. The van der Waals surface area contributed by atoms with E-state index in [1.54, 1.807) is 19.1 Å². The average molecular weight is 309 g/mol. The molecule has 0 aromatic heterocycles. The number of benzene rings is 1. The summed E-state index contributed by atoms with van der Waals surface area (Å²) in [6.07, 6.45) is -4.36. The molecular weight excluding hydrogens is 297 g/mol. The highest BCUT2D eigenvalue weighted by atomic mass is 79.9. The van der Waals surface area contributed by atoms with Crippen LogP contribution in [-0.4, -0.2) is 12.3 Å². The average Bonchev–Trinajstić information content (AvgIpc) is 2.51. The molecule has 2 nitrogen and oxygen atoms in total. The van der Waals surface area contributed by atoms with Crippen LogP contribution in [0, 0.1) is 0 Å². The maximum Gasteiger partial charge on any atom is 0.485 e. The normalized spacial score (nSPS) is 24.0. The Balaban J connectivity index is 2.51. The molecule has 0 saturated heterocycles. The number of fused-ring (bicyclic) bond motifs is 1. The van der Waals surface area contributed by atoms with Gasteiger partial charge in [0, 0.05) is 12.2 Å². The lowest BCUT2D eigenvalue weighted by Gasteiger charge is -2.27. The summed E-state index contributed by atoms with van der Waals surface area (Å²) < 4.78 is 38.8. The van der Waals surface area contributed by atoms with Gasteiger partial charge in [-0.05, 0) is 24.1 Å². The Hall–Kier alpha value is -0.750. The summed E-state index contributed by atoms with van der Waals surface area (Å²) >= 11 is 3.32. The smallest absolute Gasteiger partial charge is 0.326 e. The van der Waals surface area contributed by atoms with Crippen molar-refractivity contribution in [3.8, 4) is 0 Å². The van der Waals surface area contributed by atoms with Crippen LogP contribution in [0.5, 0.6) is 0 Å². The van der Waals surface area contributed by atoms with Gasteiger partial charge in [-0.1, -0.05) is 28.1 Å². The Morgan fingerprint density at radius 2 is 2.06 bits per heavy atom. The summed E-state index contributed by atoms with van der Waals surface area (Å²) in [5.41, 5.74) is 7.19. The molecular formula is C11H12BrF3N2. The molecule has 0 radical (unpaired) electrons. The largest absolute Gasteiger partial charge is 0.485 e.